The Bertz CT molecular complexity index is 535. The number of benzene rings is 1. The summed E-state index contributed by atoms with van der Waals surface area (Å²) < 4.78 is 0. The molecule has 2 aromatic rings. The minimum atomic E-state index is 0.577. The van der Waals surface area contributed by atoms with Crippen molar-refractivity contribution in [3.63, 3.8) is 0 Å². The molecule has 0 N–H and O–H groups in total. The molecule has 0 spiro atoms. The van der Waals surface area contributed by atoms with Gasteiger partial charge in [-0.05, 0) is 35.9 Å². The van der Waals surface area contributed by atoms with Crippen molar-refractivity contribution in [2.45, 2.75) is 0 Å². The summed E-state index contributed by atoms with van der Waals surface area (Å²) in [6, 6.07) is 10.0. The highest BCUT2D eigenvalue weighted by Gasteiger charge is 2.05. The van der Waals surface area contributed by atoms with Gasteiger partial charge in [0.1, 0.15) is 0 Å². The van der Waals surface area contributed by atoms with E-state index in [9.17, 15) is 0 Å². The Morgan fingerprint density at radius 1 is 1.25 bits per heavy atom. The van der Waals surface area contributed by atoms with Crippen LogP contribution in [0.5, 0.6) is 0 Å². The summed E-state index contributed by atoms with van der Waals surface area (Å²) in [4.78, 5) is 4.28. The quantitative estimate of drug-likeness (QED) is 0.763. The molecule has 1 aromatic carbocycles. The zero-order chi connectivity index (χ0) is 11.5. The lowest BCUT2D eigenvalue weighted by Gasteiger charge is -2.04. The molecular weight excluding hydrogens is 241 g/mol. The SMILES string of the molecule is C=Cc1cnc(-c2c[c]cc(Cl)c2)c(Cl)c1. The Balaban J connectivity index is 2.52. The van der Waals surface area contributed by atoms with Gasteiger partial charge in [-0.25, -0.2) is 0 Å². The van der Waals surface area contributed by atoms with Gasteiger partial charge < -0.3 is 0 Å². The standard InChI is InChI=1S/C13H8Cl2N/c1-2-9-6-12(15)13(16-8-9)10-4-3-5-11(14)7-10/h2,4-8H,1H2. The van der Waals surface area contributed by atoms with Crippen LogP contribution in [-0.4, -0.2) is 4.98 Å². The average Bonchev–Trinajstić information content (AvgIpc) is 2.28. The molecule has 1 aromatic heterocycles. The molecule has 0 aliphatic carbocycles. The molecule has 1 radical (unpaired) electrons. The summed E-state index contributed by atoms with van der Waals surface area (Å²) in [6.07, 6.45) is 3.42. The normalized spacial score (nSPS) is 10.1. The average molecular weight is 249 g/mol. The van der Waals surface area contributed by atoms with Crippen molar-refractivity contribution in [2.75, 3.05) is 0 Å². The lowest BCUT2D eigenvalue weighted by Crippen LogP contribution is -1.86. The fourth-order valence-electron chi connectivity index (χ4n) is 1.36. The van der Waals surface area contributed by atoms with Crippen molar-refractivity contribution in [3.8, 4) is 11.3 Å². The molecule has 2 rings (SSSR count). The van der Waals surface area contributed by atoms with E-state index in [0.29, 0.717) is 15.7 Å². The maximum Gasteiger partial charge on any atom is 0.0889 e. The van der Waals surface area contributed by atoms with Crippen LogP contribution in [0.2, 0.25) is 10.0 Å². The van der Waals surface area contributed by atoms with Crippen molar-refractivity contribution >= 4 is 29.3 Å². The minimum Gasteiger partial charge on any atom is -0.254 e. The first kappa shape index (κ1) is 11.2. The van der Waals surface area contributed by atoms with Gasteiger partial charge in [-0.3, -0.25) is 4.98 Å². The van der Waals surface area contributed by atoms with Crippen molar-refractivity contribution in [2.24, 2.45) is 0 Å². The van der Waals surface area contributed by atoms with Gasteiger partial charge in [-0.15, -0.1) is 0 Å². The summed E-state index contributed by atoms with van der Waals surface area (Å²) in [5, 5.41) is 1.19. The van der Waals surface area contributed by atoms with Crippen LogP contribution in [0.3, 0.4) is 0 Å². The largest absolute Gasteiger partial charge is 0.254 e. The van der Waals surface area contributed by atoms with E-state index in [1.165, 1.54) is 0 Å². The van der Waals surface area contributed by atoms with Gasteiger partial charge >= 0.3 is 0 Å². The predicted molar refractivity (Wildman–Crippen MR) is 68.6 cm³/mol. The Labute approximate surface area is 104 Å². The van der Waals surface area contributed by atoms with Gasteiger partial charge in [0.05, 0.1) is 10.7 Å². The van der Waals surface area contributed by atoms with Crippen molar-refractivity contribution in [1.29, 1.82) is 0 Å². The third-order valence-corrected chi connectivity index (χ3v) is 2.63. The van der Waals surface area contributed by atoms with Crippen molar-refractivity contribution in [1.82, 2.24) is 4.98 Å². The molecule has 0 saturated heterocycles. The number of hydrogen-bond acceptors (Lipinski definition) is 1. The van der Waals surface area contributed by atoms with Crippen LogP contribution in [0.1, 0.15) is 5.56 Å². The Morgan fingerprint density at radius 3 is 2.69 bits per heavy atom. The first-order chi connectivity index (χ1) is 7.70. The van der Waals surface area contributed by atoms with E-state index in [-0.39, 0.29) is 0 Å². The van der Waals surface area contributed by atoms with Crippen molar-refractivity contribution < 1.29 is 0 Å². The predicted octanol–water partition coefficient (Wildman–Crippen LogP) is 4.50. The number of rotatable bonds is 2. The highest BCUT2D eigenvalue weighted by atomic mass is 35.5. The van der Waals surface area contributed by atoms with E-state index in [4.69, 9.17) is 23.2 Å². The van der Waals surface area contributed by atoms with Crippen LogP contribution in [-0.2, 0) is 0 Å². The molecule has 0 atom stereocenters. The monoisotopic (exact) mass is 248 g/mol. The van der Waals surface area contributed by atoms with E-state index in [1.54, 1.807) is 30.5 Å². The Morgan fingerprint density at radius 2 is 2.06 bits per heavy atom. The molecule has 16 heavy (non-hydrogen) atoms. The molecule has 0 amide bonds. The van der Waals surface area contributed by atoms with Crippen LogP contribution >= 0.6 is 23.2 Å². The molecule has 1 nitrogen and oxygen atoms in total. The second-order valence-electron chi connectivity index (χ2n) is 3.24. The minimum absolute atomic E-state index is 0.577. The van der Waals surface area contributed by atoms with Crippen LogP contribution in [0.4, 0.5) is 0 Å². The Kier molecular flexibility index (Phi) is 3.28. The van der Waals surface area contributed by atoms with E-state index in [1.807, 2.05) is 6.07 Å². The smallest absolute Gasteiger partial charge is 0.0889 e. The molecule has 79 valence electrons. The van der Waals surface area contributed by atoms with Crippen LogP contribution in [0.15, 0.2) is 37.0 Å². The van der Waals surface area contributed by atoms with Crippen LogP contribution in [0.25, 0.3) is 17.3 Å². The second-order valence-corrected chi connectivity index (χ2v) is 4.09. The molecule has 0 unspecified atom stereocenters. The number of aromatic nitrogens is 1. The number of hydrogen-bond donors (Lipinski definition) is 0. The van der Waals surface area contributed by atoms with E-state index >= 15 is 0 Å². The molecule has 0 bridgehead atoms. The van der Waals surface area contributed by atoms with E-state index in [2.05, 4.69) is 17.6 Å². The lowest BCUT2D eigenvalue weighted by atomic mass is 10.1. The van der Waals surface area contributed by atoms with Gasteiger partial charge in [0, 0.05) is 16.8 Å². The third kappa shape index (κ3) is 2.26. The van der Waals surface area contributed by atoms with Crippen LogP contribution < -0.4 is 0 Å². The molecule has 3 heteroatoms. The van der Waals surface area contributed by atoms with Crippen molar-refractivity contribution in [3.05, 3.63) is 58.7 Å². The van der Waals surface area contributed by atoms with Gasteiger partial charge in [0.25, 0.3) is 0 Å². The summed E-state index contributed by atoms with van der Waals surface area (Å²) in [5.74, 6) is 0. The molecular formula is C13H8Cl2N. The third-order valence-electron chi connectivity index (χ3n) is 2.12. The fraction of sp³-hybridized carbons (Fsp3) is 0. The van der Waals surface area contributed by atoms with E-state index in [0.717, 1.165) is 11.1 Å². The molecule has 0 fully saturated rings. The van der Waals surface area contributed by atoms with Gasteiger partial charge in [-0.1, -0.05) is 35.9 Å². The summed E-state index contributed by atoms with van der Waals surface area (Å²) in [5.41, 5.74) is 2.44. The summed E-state index contributed by atoms with van der Waals surface area (Å²) in [6.45, 7) is 3.66. The first-order valence-corrected chi connectivity index (χ1v) is 5.41. The highest BCUT2D eigenvalue weighted by Crippen LogP contribution is 2.28. The molecule has 1 heterocycles. The first-order valence-electron chi connectivity index (χ1n) is 4.65. The fourth-order valence-corrected chi connectivity index (χ4v) is 1.82. The highest BCUT2D eigenvalue weighted by molar-refractivity contribution is 6.33. The second kappa shape index (κ2) is 4.69. The zero-order valence-corrected chi connectivity index (χ0v) is 9.89. The summed E-state index contributed by atoms with van der Waals surface area (Å²) in [7, 11) is 0. The molecule has 0 aliphatic heterocycles. The number of nitrogens with zero attached hydrogens (tertiary/aromatic N) is 1. The zero-order valence-electron chi connectivity index (χ0n) is 8.37. The van der Waals surface area contributed by atoms with Gasteiger partial charge in [0.15, 0.2) is 0 Å². The maximum absolute atomic E-state index is 6.13. The number of halogens is 2. The van der Waals surface area contributed by atoms with E-state index < -0.39 is 0 Å². The molecule has 0 saturated carbocycles. The number of pyridine rings is 1. The Hall–Kier alpha value is -1.31. The summed E-state index contributed by atoms with van der Waals surface area (Å²) >= 11 is 12.0. The maximum atomic E-state index is 6.13. The molecule has 0 aliphatic rings. The van der Waals surface area contributed by atoms with Gasteiger partial charge in [0.2, 0.25) is 0 Å². The lowest BCUT2D eigenvalue weighted by molar-refractivity contribution is 1.31. The van der Waals surface area contributed by atoms with Gasteiger partial charge in [-0.2, -0.15) is 0 Å². The topological polar surface area (TPSA) is 12.9 Å². The van der Waals surface area contributed by atoms with Crippen LogP contribution in [0, 0.1) is 6.07 Å².